The SMILES string of the molecule is CC(=O)N(C)C(C#N)c1ccccc1C. The number of rotatable bonds is 2. The van der Waals surface area contributed by atoms with Crippen LogP contribution in [0.15, 0.2) is 24.3 Å². The van der Waals surface area contributed by atoms with Crippen LogP contribution in [-0.4, -0.2) is 17.9 Å². The van der Waals surface area contributed by atoms with Gasteiger partial charge in [0.25, 0.3) is 0 Å². The van der Waals surface area contributed by atoms with E-state index in [0.29, 0.717) is 0 Å². The zero-order chi connectivity index (χ0) is 11.4. The third-order valence-corrected chi connectivity index (χ3v) is 2.49. The Kier molecular flexibility index (Phi) is 3.46. The van der Waals surface area contributed by atoms with Gasteiger partial charge in [-0.2, -0.15) is 5.26 Å². The number of nitrogens with zero attached hydrogens (tertiary/aromatic N) is 2. The molecule has 1 aromatic carbocycles. The average Bonchev–Trinajstić information content (AvgIpc) is 2.21. The molecule has 1 atom stereocenters. The number of carbonyl (C=O) groups is 1. The Morgan fingerprint density at radius 1 is 1.47 bits per heavy atom. The molecule has 1 rings (SSSR count). The largest absolute Gasteiger partial charge is 0.326 e. The summed E-state index contributed by atoms with van der Waals surface area (Å²) in [4.78, 5) is 12.7. The molecule has 3 nitrogen and oxygen atoms in total. The molecule has 0 fully saturated rings. The van der Waals surface area contributed by atoms with Crippen LogP contribution in [0, 0.1) is 18.3 Å². The lowest BCUT2D eigenvalue weighted by Gasteiger charge is -2.22. The first-order valence-corrected chi connectivity index (χ1v) is 4.76. The molecule has 0 heterocycles. The molecule has 0 saturated heterocycles. The van der Waals surface area contributed by atoms with Crippen molar-refractivity contribution >= 4 is 5.91 Å². The third-order valence-electron chi connectivity index (χ3n) is 2.49. The van der Waals surface area contributed by atoms with E-state index < -0.39 is 6.04 Å². The number of carbonyl (C=O) groups excluding carboxylic acids is 1. The Bertz CT molecular complexity index is 406. The summed E-state index contributed by atoms with van der Waals surface area (Å²) in [7, 11) is 1.64. The predicted octanol–water partition coefficient (Wildman–Crippen LogP) is 2.04. The number of aryl methyl sites for hydroxylation is 1. The Labute approximate surface area is 89.9 Å². The molecule has 0 saturated carbocycles. The van der Waals surface area contributed by atoms with Gasteiger partial charge in [-0.3, -0.25) is 4.79 Å². The van der Waals surface area contributed by atoms with Crippen molar-refractivity contribution in [3.8, 4) is 6.07 Å². The van der Waals surface area contributed by atoms with Crippen LogP contribution in [0.1, 0.15) is 24.1 Å². The van der Waals surface area contributed by atoms with Crippen LogP contribution in [0.5, 0.6) is 0 Å². The van der Waals surface area contributed by atoms with Gasteiger partial charge >= 0.3 is 0 Å². The fraction of sp³-hybridized carbons (Fsp3) is 0.333. The van der Waals surface area contributed by atoms with Crippen LogP contribution in [0.25, 0.3) is 0 Å². The highest BCUT2D eigenvalue weighted by Crippen LogP contribution is 2.21. The lowest BCUT2D eigenvalue weighted by molar-refractivity contribution is -0.128. The van der Waals surface area contributed by atoms with Crippen molar-refractivity contribution in [2.24, 2.45) is 0 Å². The highest BCUT2D eigenvalue weighted by Gasteiger charge is 2.19. The van der Waals surface area contributed by atoms with Crippen molar-refractivity contribution < 1.29 is 4.79 Å². The van der Waals surface area contributed by atoms with E-state index in [1.165, 1.54) is 11.8 Å². The van der Waals surface area contributed by atoms with Gasteiger partial charge in [0.2, 0.25) is 5.91 Å². The summed E-state index contributed by atoms with van der Waals surface area (Å²) in [6.07, 6.45) is 0. The second-order valence-electron chi connectivity index (χ2n) is 3.52. The summed E-state index contributed by atoms with van der Waals surface area (Å²) < 4.78 is 0. The van der Waals surface area contributed by atoms with E-state index in [4.69, 9.17) is 5.26 Å². The summed E-state index contributed by atoms with van der Waals surface area (Å²) in [5.41, 5.74) is 1.91. The van der Waals surface area contributed by atoms with Gasteiger partial charge in [-0.1, -0.05) is 24.3 Å². The van der Waals surface area contributed by atoms with Gasteiger partial charge in [0.05, 0.1) is 6.07 Å². The molecule has 1 amide bonds. The van der Waals surface area contributed by atoms with E-state index >= 15 is 0 Å². The molecule has 1 aromatic rings. The highest BCUT2D eigenvalue weighted by molar-refractivity contribution is 5.74. The number of benzene rings is 1. The fourth-order valence-corrected chi connectivity index (χ4v) is 1.44. The molecule has 15 heavy (non-hydrogen) atoms. The number of amides is 1. The molecule has 3 heteroatoms. The van der Waals surface area contributed by atoms with E-state index in [9.17, 15) is 4.79 Å². The van der Waals surface area contributed by atoms with Gasteiger partial charge in [0.1, 0.15) is 6.04 Å². The Balaban J connectivity index is 3.10. The van der Waals surface area contributed by atoms with Gasteiger partial charge < -0.3 is 4.90 Å². The molecule has 0 N–H and O–H groups in total. The third kappa shape index (κ3) is 2.35. The minimum absolute atomic E-state index is 0.107. The molecule has 0 aromatic heterocycles. The van der Waals surface area contributed by atoms with Crippen LogP contribution >= 0.6 is 0 Å². The van der Waals surface area contributed by atoms with E-state index in [1.54, 1.807) is 7.05 Å². The van der Waals surface area contributed by atoms with Gasteiger partial charge in [-0.05, 0) is 18.1 Å². The minimum Gasteiger partial charge on any atom is -0.326 e. The Morgan fingerprint density at radius 2 is 2.07 bits per heavy atom. The summed E-state index contributed by atoms with van der Waals surface area (Å²) in [6.45, 7) is 3.40. The highest BCUT2D eigenvalue weighted by atomic mass is 16.2. The molecule has 0 bridgehead atoms. The number of nitriles is 1. The van der Waals surface area contributed by atoms with Crippen molar-refractivity contribution in [1.82, 2.24) is 4.90 Å². The molecule has 78 valence electrons. The maximum Gasteiger partial charge on any atom is 0.220 e. The van der Waals surface area contributed by atoms with E-state index in [0.717, 1.165) is 11.1 Å². The molecule has 0 aliphatic carbocycles. The standard InChI is InChI=1S/C12H14N2O/c1-9-6-4-5-7-11(9)12(8-13)14(3)10(2)15/h4-7,12H,1-3H3. The zero-order valence-electron chi connectivity index (χ0n) is 9.19. The normalized spacial score (nSPS) is 11.6. The lowest BCUT2D eigenvalue weighted by atomic mass is 10.0. The lowest BCUT2D eigenvalue weighted by Crippen LogP contribution is -2.28. The Morgan fingerprint density at radius 3 is 2.53 bits per heavy atom. The van der Waals surface area contributed by atoms with E-state index in [1.807, 2.05) is 31.2 Å². The fourth-order valence-electron chi connectivity index (χ4n) is 1.44. The van der Waals surface area contributed by atoms with Crippen LogP contribution in [0.3, 0.4) is 0 Å². The van der Waals surface area contributed by atoms with Gasteiger partial charge in [-0.15, -0.1) is 0 Å². The molecule has 0 radical (unpaired) electrons. The van der Waals surface area contributed by atoms with Crippen molar-refractivity contribution in [3.63, 3.8) is 0 Å². The molecular formula is C12H14N2O. The molecule has 0 aliphatic rings. The molecule has 1 unspecified atom stereocenters. The van der Waals surface area contributed by atoms with Crippen molar-refractivity contribution in [2.45, 2.75) is 19.9 Å². The first-order chi connectivity index (χ1) is 7.07. The van der Waals surface area contributed by atoms with Crippen LogP contribution in [0.4, 0.5) is 0 Å². The van der Waals surface area contributed by atoms with E-state index in [2.05, 4.69) is 6.07 Å². The summed E-state index contributed by atoms with van der Waals surface area (Å²) in [6, 6.07) is 9.26. The second kappa shape index (κ2) is 4.61. The first-order valence-electron chi connectivity index (χ1n) is 4.76. The number of hydrogen-bond donors (Lipinski definition) is 0. The summed E-state index contributed by atoms with van der Waals surface area (Å²) in [5, 5.41) is 9.08. The van der Waals surface area contributed by atoms with Gasteiger partial charge in [-0.25, -0.2) is 0 Å². The van der Waals surface area contributed by atoms with Crippen molar-refractivity contribution in [3.05, 3.63) is 35.4 Å². The van der Waals surface area contributed by atoms with Crippen molar-refractivity contribution in [1.29, 1.82) is 5.26 Å². The van der Waals surface area contributed by atoms with Crippen molar-refractivity contribution in [2.75, 3.05) is 7.05 Å². The van der Waals surface area contributed by atoms with Crippen LogP contribution < -0.4 is 0 Å². The molecule has 0 aliphatic heterocycles. The minimum atomic E-state index is -0.497. The maximum absolute atomic E-state index is 11.2. The average molecular weight is 202 g/mol. The predicted molar refractivity (Wildman–Crippen MR) is 58.0 cm³/mol. The maximum atomic E-state index is 11.2. The van der Waals surface area contributed by atoms with E-state index in [-0.39, 0.29) is 5.91 Å². The van der Waals surface area contributed by atoms with Crippen LogP contribution in [-0.2, 0) is 4.79 Å². The quantitative estimate of drug-likeness (QED) is 0.736. The second-order valence-corrected chi connectivity index (χ2v) is 3.52. The number of hydrogen-bond acceptors (Lipinski definition) is 2. The van der Waals surface area contributed by atoms with Gasteiger partial charge in [0, 0.05) is 14.0 Å². The summed E-state index contributed by atoms with van der Waals surface area (Å²) in [5.74, 6) is -0.107. The molecule has 0 spiro atoms. The smallest absolute Gasteiger partial charge is 0.220 e. The zero-order valence-corrected chi connectivity index (χ0v) is 9.19. The van der Waals surface area contributed by atoms with Gasteiger partial charge in [0.15, 0.2) is 0 Å². The first kappa shape index (κ1) is 11.3. The van der Waals surface area contributed by atoms with Crippen LogP contribution in [0.2, 0.25) is 0 Å². The summed E-state index contributed by atoms with van der Waals surface area (Å²) >= 11 is 0. The topological polar surface area (TPSA) is 44.1 Å². The monoisotopic (exact) mass is 202 g/mol. The Hall–Kier alpha value is -1.82. The molecular weight excluding hydrogens is 188 g/mol.